The zero-order valence-corrected chi connectivity index (χ0v) is 22.6. The number of hydrogen-bond donors (Lipinski definition) is 1. The molecule has 0 unspecified atom stereocenters. The third kappa shape index (κ3) is 6.60. The summed E-state index contributed by atoms with van der Waals surface area (Å²) in [5, 5.41) is 3.03. The van der Waals surface area contributed by atoms with Gasteiger partial charge in [0.1, 0.15) is 12.4 Å². The van der Waals surface area contributed by atoms with Crippen molar-refractivity contribution in [3.8, 4) is 5.75 Å². The highest BCUT2D eigenvalue weighted by Gasteiger charge is 2.30. The zero-order chi connectivity index (χ0) is 25.7. The molecular formula is C29H45N3O4. The Morgan fingerprint density at radius 2 is 1.83 bits per heavy atom. The van der Waals surface area contributed by atoms with E-state index < -0.39 is 0 Å². The van der Waals surface area contributed by atoms with Crippen LogP contribution in [0, 0.1) is 17.8 Å². The van der Waals surface area contributed by atoms with E-state index in [1.54, 1.807) is 18.1 Å². The van der Waals surface area contributed by atoms with Crippen LogP contribution in [0.4, 0.5) is 5.69 Å². The number of nitrogens with one attached hydrogen (secondary N) is 1. The molecule has 7 nitrogen and oxygen atoms in total. The summed E-state index contributed by atoms with van der Waals surface area (Å²) in [6, 6.07) is 5.61. The average Bonchev–Trinajstić information content (AvgIpc) is 2.83. The quantitative estimate of drug-likeness (QED) is 0.630. The van der Waals surface area contributed by atoms with E-state index >= 15 is 0 Å². The van der Waals surface area contributed by atoms with Gasteiger partial charge in [-0.25, -0.2) is 0 Å². The first-order chi connectivity index (χ1) is 17.4. The first-order valence-corrected chi connectivity index (χ1v) is 14.0. The summed E-state index contributed by atoms with van der Waals surface area (Å²) in [5.41, 5.74) is 1.21. The largest absolute Gasteiger partial charge is 0.491 e. The van der Waals surface area contributed by atoms with Gasteiger partial charge in [-0.2, -0.15) is 0 Å². The predicted octanol–water partition coefficient (Wildman–Crippen LogP) is 4.81. The Balaban J connectivity index is 1.57. The topological polar surface area (TPSA) is 71.1 Å². The van der Waals surface area contributed by atoms with Crippen molar-refractivity contribution in [2.24, 2.45) is 17.8 Å². The first-order valence-electron chi connectivity index (χ1n) is 14.0. The number of anilines is 1. The van der Waals surface area contributed by atoms with E-state index in [1.165, 1.54) is 32.1 Å². The third-order valence-corrected chi connectivity index (χ3v) is 8.54. The molecule has 0 radical (unpaired) electrons. The van der Waals surface area contributed by atoms with Gasteiger partial charge in [0.05, 0.1) is 11.7 Å². The molecular weight excluding hydrogens is 454 g/mol. The molecule has 0 aromatic heterocycles. The molecule has 0 spiro atoms. The number of likely N-dealkylation sites (N-methyl/N-ethyl adjacent to an activating group) is 1. The fraction of sp³-hybridized carbons (Fsp3) is 0.724. The van der Waals surface area contributed by atoms with Gasteiger partial charge in [-0.15, -0.1) is 0 Å². The lowest BCUT2D eigenvalue weighted by molar-refractivity contribution is -0.122. The molecule has 2 aliphatic carbocycles. The zero-order valence-electron chi connectivity index (χ0n) is 22.6. The van der Waals surface area contributed by atoms with Gasteiger partial charge >= 0.3 is 0 Å². The average molecular weight is 500 g/mol. The molecule has 2 fully saturated rings. The maximum atomic E-state index is 13.4. The highest BCUT2D eigenvalue weighted by Crippen LogP contribution is 2.31. The number of fused-ring (bicyclic) bond motifs is 1. The van der Waals surface area contributed by atoms with E-state index in [0.717, 1.165) is 38.3 Å². The van der Waals surface area contributed by atoms with Crippen molar-refractivity contribution in [2.45, 2.75) is 77.4 Å². The number of hydrogen-bond acceptors (Lipinski definition) is 5. The lowest BCUT2D eigenvalue weighted by atomic mass is 9.85. The van der Waals surface area contributed by atoms with Gasteiger partial charge in [0.15, 0.2) is 0 Å². The molecule has 0 bridgehead atoms. The molecule has 2 amide bonds. The molecule has 4 rings (SSSR count). The van der Waals surface area contributed by atoms with Crippen molar-refractivity contribution >= 4 is 17.5 Å². The normalized spacial score (nSPS) is 27.3. The molecule has 7 heteroatoms. The van der Waals surface area contributed by atoms with Gasteiger partial charge < -0.3 is 19.7 Å². The van der Waals surface area contributed by atoms with E-state index in [9.17, 15) is 9.59 Å². The summed E-state index contributed by atoms with van der Waals surface area (Å²) in [7, 11) is 3.57. The Kier molecular flexibility index (Phi) is 9.29. The second-order valence-corrected chi connectivity index (χ2v) is 11.4. The van der Waals surface area contributed by atoms with Crippen LogP contribution < -0.4 is 10.1 Å². The number of ether oxygens (including phenoxy) is 2. The number of nitrogens with zero attached hydrogens (tertiary/aromatic N) is 2. The fourth-order valence-electron chi connectivity index (χ4n) is 5.80. The van der Waals surface area contributed by atoms with Gasteiger partial charge in [-0.3, -0.25) is 14.5 Å². The van der Waals surface area contributed by atoms with Crippen LogP contribution in [-0.2, 0) is 9.53 Å². The Morgan fingerprint density at radius 3 is 2.50 bits per heavy atom. The minimum absolute atomic E-state index is 0.0511. The number of carbonyl (C=O) groups is 2. The molecule has 1 N–H and O–H groups in total. The van der Waals surface area contributed by atoms with Crippen molar-refractivity contribution in [1.82, 2.24) is 9.80 Å². The molecule has 1 heterocycles. The van der Waals surface area contributed by atoms with Crippen molar-refractivity contribution in [3.05, 3.63) is 23.8 Å². The van der Waals surface area contributed by atoms with Gasteiger partial charge in [0.25, 0.3) is 5.91 Å². The van der Waals surface area contributed by atoms with Crippen LogP contribution in [-0.4, -0.2) is 74.2 Å². The van der Waals surface area contributed by atoms with E-state index in [4.69, 9.17) is 9.47 Å². The molecule has 3 aliphatic rings. The summed E-state index contributed by atoms with van der Waals surface area (Å²) in [4.78, 5) is 30.2. The SMILES string of the molecule is CO[C@@H]1CN(C)C(=O)c2ccc(NC(=O)C3CCC3)cc2OC[C@@H](C)N(CC2CCCCC2)C[C@H]1C. The molecule has 1 aromatic rings. The molecule has 1 aliphatic heterocycles. The van der Waals surface area contributed by atoms with Crippen molar-refractivity contribution in [2.75, 3.05) is 45.7 Å². The smallest absolute Gasteiger partial charge is 0.257 e. The highest BCUT2D eigenvalue weighted by molar-refractivity contribution is 5.99. The molecule has 2 saturated carbocycles. The number of benzene rings is 1. The minimum atomic E-state index is -0.0941. The lowest BCUT2D eigenvalue weighted by Crippen LogP contribution is -2.48. The van der Waals surface area contributed by atoms with Crippen molar-refractivity contribution in [1.29, 1.82) is 0 Å². The van der Waals surface area contributed by atoms with Crippen molar-refractivity contribution < 1.29 is 19.1 Å². The van der Waals surface area contributed by atoms with E-state index in [-0.39, 0.29) is 35.8 Å². The standard InChI is InChI=1S/C29H45N3O4/c1-20-16-32(17-22-9-6-5-7-10-22)21(2)19-36-26-15-24(30-28(33)23-11-8-12-23)13-14-25(26)29(34)31(3)18-27(20)35-4/h13-15,20-23,27H,5-12,16-19H2,1-4H3,(H,30,33)/t20-,21-,27-/m1/s1. The van der Waals surface area contributed by atoms with E-state index in [1.807, 2.05) is 19.2 Å². The summed E-state index contributed by atoms with van der Waals surface area (Å²) >= 11 is 0. The Hall–Kier alpha value is -2.12. The Morgan fingerprint density at radius 1 is 1.08 bits per heavy atom. The predicted molar refractivity (Wildman–Crippen MR) is 142 cm³/mol. The maximum absolute atomic E-state index is 13.4. The summed E-state index contributed by atoms with van der Waals surface area (Å²) in [6.45, 7) is 7.43. The summed E-state index contributed by atoms with van der Waals surface area (Å²) in [6.07, 6.45) is 9.58. The van der Waals surface area contributed by atoms with Gasteiger partial charge in [0.2, 0.25) is 5.91 Å². The number of amides is 2. The Bertz CT molecular complexity index is 897. The fourth-order valence-corrected chi connectivity index (χ4v) is 5.80. The molecule has 0 saturated heterocycles. The monoisotopic (exact) mass is 499 g/mol. The maximum Gasteiger partial charge on any atom is 0.257 e. The van der Waals surface area contributed by atoms with Crippen LogP contribution in [0.1, 0.15) is 75.6 Å². The number of carbonyl (C=O) groups excluding carboxylic acids is 2. The van der Waals surface area contributed by atoms with Crippen LogP contribution in [0.2, 0.25) is 0 Å². The van der Waals surface area contributed by atoms with Crippen molar-refractivity contribution in [3.63, 3.8) is 0 Å². The molecule has 200 valence electrons. The molecule has 3 atom stereocenters. The third-order valence-electron chi connectivity index (χ3n) is 8.54. The van der Waals surface area contributed by atoms with Crippen LogP contribution in [0.25, 0.3) is 0 Å². The summed E-state index contributed by atoms with van der Waals surface area (Å²) < 4.78 is 12.2. The van der Waals surface area contributed by atoms with E-state index in [2.05, 4.69) is 24.1 Å². The second kappa shape index (κ2) is 12.4. The van der Waals surface area contributed by atoms with Crippen LogP contribution >= 0.6 is 0 Å². The first kappa shape index (κ1) is 26.9. The Labute approximate surface area is 216 Å². The lowest BCUT2D eigenvalue weighted by Gasteiger charge is -2.38. The minimum Gasteiger partial charge on any atom is -0.491 e. The molecule has 36 heavy (non-hydrogen) atoms. The van der Waals surface area contributed by atoms with Gasteiger partial charge in [0, 0.05) is 57.5 Å². The second-order valence-electron chi connectivity index (χ2n) is 11.4. The number of rotatable bonds is 5. The van der Waals surface area contributed by atoms with Crippen LogP contribution in [0.3, 0.4) is 0 Å². The number of methoxy groups -OCH3 is 1. The van der Waals surface area contributed by atoms with Gasteiger partial charge in [-0.1, -0.05) is 32.6 Å². The summed E-state index contributed by atoms with van der Waals surface area (Å²) in [5.74, 6) is 1.60. The van der Waals surface area contributed by atoms with E-state index in [0.29, 0.717) is 30.2 Å². The van der Waals surface area contributed by atoms with Crippen LogP contribution in [0.5, 0.6) is 5.75 Å². The van der Waals surface area contributed by atoms with Gasteiger partial charge in [-0.05, 0) is 56.6 Å². The molecule has 1 aromatic carbocycles. The highest BCUT2D eigenvalue weighted by atomic mass is 16.5. The van der Waals surface area contributed by atoms with Crippen LogP contribution in [0.15, 0.2) is 18.2 Å².